The summed E-state index contributed by atoms with van der Waals surface area (Å²) in [6.07, 6.45) is 5.29. The molecule has 1 aromatic carbocycles. The van der Waals surface area contributed by atoms with Gasteiger partial charge in [0.15, 0.2) is 0 Å². The number of hydrogen-bond acceptors (Lipinski definition) is 1. The van der Waals surface area contributed by atoms with Gasteiger partial charge in [0.05, 0.1) is 5.41 Å². The van der Waals surface area contributed by atoms with Crippen molar-refractivity contribution < 1.29 is 18.7 Å². The van der Waals surface area contributed by atoms with Gasteiger partial charge in [-0.1, -0.05) is 18.9 Å². The van der Waals surface area contributed by atoms with Crippen molar-refractivity contribution in [3.05, 3.63) is 35.4 Å². The van der Waals surface area contributed by atoms with E-state index >= 15 is 0 Å². The molecule has 2 fully saturated rings. The molecule has 0 aliphatic heterocycles. The van der Waals surface area contributed by atoms with E-state index in [1.165, 1.54) is 6.07 Å². The van der Waals surface area contributed by atoms with Gasteiger partial charge >= 0.3 is 5.97 Å². The molecule has 1 aromatic rings. The molecule has 0 unspecified atom stereocenters. The van der Waals surface area contributed by atoms with Gasteiger partial charge in [0.1, 0.15) is 11.6 Å². The third-order valence-corrected chi connectivity index (χ3v) is 4.87. The van der Waals surface area contributed by atoms with Crippen LogP contribution in [0.4, 0.5) is 8.78 Å². The van der Waals surface area contributed by atoms with Crippen molar-refractivity contribution in [3.8, 4) is 0 Å². The zero-order chi connectivity index (χ0) is 13.7. The molecule has 0 saturated heterocycles. The molecule has 2 nitrogen and oxygen atoms in total. The smallest absolute Gasteiger partial charge is 0.314 e. The number of carboxylic acids is 1. The Kier molecular flexibility index (Phi) is 2.66. The van der Waals surface area contributed by atoms with Crippen molar-refractivity contribution >= 4 is 5.97 Å². The van der Waals surface area contributed by atoms with Gasteiger partial charge in [-0.3, -0.25) is 4.79 Å². The van der Waals surface area contributed by atoms with Crippen LogP contribution in [0.15, 0.2) is 18.2 Å². The normalized spacial score (nSPS) is 23.3. The van der Waals surface area contributed by atoms with Crippen LogP contribution in [0.3, 0.4) is 0 Å². The van der Waals surface area contributed by atoms with Crippen molar-refractivity contribution in [1.29, 1.82) is 0 Å². The lowest BCUT2D eigenvalue weighted by atomic mass is 9.49. The number of benzene rings is 1. The molecule has 0 atom stereocenters. The van der Waals surface area contributed by atoms with Gasteiger partial charge in [-0.15, -0.1) is 0 Å². The number of carbonyl (C=O) groups is 1. The second-order valence-electron chi connectivity index (χ2n) is 6.07. The Morgan fingerprint density at radius 2 is 1.79 bits per heavy atom. The fraction of sp³-hybridized carbons (Fsp3) is 0.533. The minimum absolute atomic E-state index is 0.0826. The van der Waals surface area contributed by atoms with E-state index in [-0.39, 0.29) is 11.0 Å². The third kappa shape index (κ3) is 1.77. The van der Waals surface area contributed by atoms with Crippen LogP contribution in [-0.4, -0.2) is 11.1 Å². The molecule has 102 valence electrons. The highest BCUT2D eigenvalue weighted by atomic mass is 19.1. The van der Waals surface area contributed by atoms with Crippen LogP contribution in [0.2, 0.25) is 0 Å². The molecule has 19 heavy (non-hydrogen) atoms. The van der Waals surface area contributed by atoms with E-state index < -0.39 is 23.0 Å². The Hall–Kier alpha value is -1.45. The highest BCUT2D eigenvalue weighted by Crippen LogP contribution is 2.63. The van der Waals surface area contributed by atoms with E-state index in [0.717, 1.165) is 37.8 Å². The summed E-state index contributed by atoms with van der Waals surface area (Å²) in [7, 11) is 0. The summed E-state index contributed by atoms with van der Waals surface area (Å²) in [6.45, 7) is 0. The number of halogens is 2. The zero-order valence-electron chi connectivity index (χ0n) is 10.6. The minimum atomic E-state index is -1.15. The summed E-state index contributed by atoms with van der Waals surface area (Å²) in [5.74, 6) is -2.40. The van der Waals surface area contributed by atoms with Gasteiger partial charge in [0.25, 0.3) is 0 Å². The molecule has 3 rings (SSSR count). The fourth-order valence-corrected chi connectivity index (χ4v) is 4.04. The van der Waals surface area contributed by atoms with Crippen molar-refractivity contribution in [2.75, 3.05) is 0 Å². The lowest BCUT2D eigenvalue weighted by Gasteiger charge is -2.52. The highest BCUT2D eigenvalue weighted by Gasteiger charge is 2.61. The maximum absolute atomic E-state index is 13.9. The second-order valence-corrected chi connectivity index (χ2v) is 6.07. The predicted molar refractivity (Wildman–Crippen MR) is 65.8 cm³/mol. The molecule has 0 heterocycles. The van der Waals surface area contributed by atoms with E-state index in [4.69, 9.17) is 0 Å². The van der Waals surface area contributed by atoms with Crippen molar-refractivity contribution in [3.63, 3.8) is 0 Å². The molecule has 0 amide bonds. The SMILES string of the molecule is O=C(O)C1(c2ccc(F)cc2F)CC2(CCCC2)C1. The summed E-state index contributed by atoms with van der Waals surface area (Å²) in [5, 5.41) is 9.51. The molecule has 0 bridgehead atoms. The topological polar surface area (TPSA) is 37.3 Å². The predicted octanol–water partition coefficient (Wildman–Crippen LogP) is 3.64. The van der Waals surface area contributed by atoms with E-state index in [9.17, 15) is 18.7 Å². The van der Waals surface area contributed by atoms with E-state index in [0.29, 0.717) is 12.8 Å². The van der Waals surface area contributed by atoms with Gasteiger partial charge in [0.2, 0.25) is 0 Å². The number of hydrogen-bond donors (Lipinski definition) is 1. The summed E-state index contributed by atoms with van der Waals surface area (Å²) < 4.78 is 26.9. The van der Waals surface area contributed by atoms with Crippen LogP contribution in [-0.2, 0) is 10.2 Å². The standard InChI is InChI=1S/C15H16F2O2/c16-10-3-4-11(12(17)7-10)15(13(18)19)8-14(9-15)5-1-2-6-14/h3-4,7H,1-2,5-6,8-9H2,(H,18,19). The first-order valence-corrected chi connectivity index (χ1v) is 6.67. The van der Waals surface area contributed by atoms with E-state index in [1.807, 2.05) is 0 Å². The molecular weight excluding hydrogens is 250 g/mol. The van der Waals surface area contributed by atoms with Crippen molar-refractivity contribution in [2.24, 2.45) is 5.41 Å². The molecule has 1 spiro atoms. The van der Waals surface area contributed by atoms with Crippen molar-refractivity contribution in [1.82, 2.24) is 0 Å². The molecule has 2 aliphatic rings. The lowest BCUT2D eigenvalue weighted by Crippen LogP contribution is -2.54. The maximum atomic E-state index is 13.9. The quantitative estimate of drug-likeness (QED) is 0.887. The Bertz CT molecular complexity index is 525. The Labute approximate surface area is 110 Å². The van der Waals surface area contributed by atoms with Gasteiger partial charge < -0.3 is 5.11 Å². The van der Waals surface area contributed by atoms with Crippen LogP contribution in [0.1, 0.15) is 44.1 Å². The number of rotatable bonds is 2. The minimum Gasteiger partial charge on any atom is -0.481 e. The summed E-state index contributed by atoms with van der Waals surface area (Å²) in [5.41, 5.74) is -0.930. The Morgan fingerprint density at radius 1 is 1.16 bits per heavy atom. The average Bonchev–Trinajstić information content (AvgIpc) is 2.75. The molecule has 2 saturated carbocycles. The second kappa shape index (κ2) is 4.02. The van der Waals surface area contributed by atoms with Crippen LogP contribution in [0.5, 0.6) is 0 Å². The summed E-state index contributed by atoms with van der Waals surface area (Å²) in [6, 6.07) is 3.21. The van der Waals surface area contributed by atoms with Gasteiger partial charge in [-0.05, 0) is 37.2 Å². The molecule has 0 radical (unpaired) electrons. The van der Waals surface area contributed by atoms with Gasteiger partial charge in [-0.2, -0.15) is 0 Å². The maximum Gasteiger partial charge on any atom is 0.314 e. The van der Waals surface area contributed by atoms with E-state index in [1.54, 1.807) is 0 Å². The zero-order valence-corrected chi connectivity index (χ0v) is 10.6. The van der Waals surface area contributed by atoms with Gasteiger partial charge in [-0.25, -0.2) is 8.78 Å². The molecule has 0 aromatic heterocycles. The summed E-state index contributed by atoms with van der Waals surface area (Å²) >= 11 is 0. The number of aliphatic carboxylic acids is 1. The fourth-order valence-electron chi connectivity index (χ4n) is 4.04. The summed E-state index contributed by atoms with van der Waals surface area (Å²) in [4.78, 5) is 11.6. The van der Waals surface area contributed by atoms with Crippen molar-refractivity contribution in [2.45, 2.75) is 43.9 Å². The van der Waals surface area contributed by atoms with Crippen LogP contribution < -0.4 is 0 Å². The molecule has 2 aliphatic carbocycles. The van der Waals surface area contributed by atoms with Gasteiger partial charge in [0, 0.05) is 11.6 Å². The monoisotopic (exact) mass is 266 g/mol. The third-order valence-electron chi connectivity index (χ3n) is 4.87. The first kappa shape index (κ1) is 12.6. The van der Waals surface area contributed by atoms with Crippen LogP contribution >= 0.6 is 0 Å². The molecule has 1 N–H and O–H groups in total. The Morgan fingerprint density at radius 3 is 2.32 bits per heavy atom. The van der Waals surface area contributed by atoms with Crippen LogP contribution in [0.25, 0.3) is 0 Å². The first-order valence-electron chi connectivity index (χ1n) is 6.67. The van der Waals surface area contributed by atoms with E-state index in [2.05, 4.69) is 0 Å². The molecular formula is C15H16F2O2. The lowest BCUT2D eigenvalue weighted by molar-refractivity contribution is -0.154. The first-order chi connectivity index (χ1) is 8.97. The number of carboxylic acid groups (broad SMARTS) is 1. The molecule has 4 heteroatoms. The van der Waals surface area contributed by atoms with Crippen LogP contribution in [0, 0.1) is 17.0 Å². The highest BCUT2D eigenvalue weighted by molar-refractivity contribution is 5.83. The average molecular weight is 266 g/mol. The Balaban J connectivity index is 1.97. The largest absolute Gasteiger partial charge is 0.481 e.